The van der Waals surface area contributed by atoms with Crippen LogP contribution < -0.4 is 5.32 Å². The van der Waals surface area contributed by atoms with E-state index in [1.54, 1.807) is 0 Å². The lowest BCUT2D eigenvalue weighted by atomic mass is 9.51. The second-order valence-electron chi connectivity index (χ2n) is 7.16. The van der Waals surface area contributed by atoms with Crippen molar-refractivity contribution in [3.63, 3.8) is 0 Å². The summed E-state index contributed by atoms with van der Waals surface area (Å²) in [6, 6.07) is 0. The molecule has 0 aromatic carbocycles. The zero-order valence-electron chi connectivity index (χ0n) is 12.6. The standard InChI is InChI=1S/C16H25NO4/c1-21-13(7-14(18)19)8-17-16(20)15-11-3-9-2-10(5-11)6-12(15)4-9/h9-13,15H,2-8H2,1H3,(H,17,20)(H,18,19). The highest BCUT2D eigenvalue weighted by molar-refractivity contribution is 5.79. The Morgan fingerprint density at radius 1 is 1.14 bits per heavy atom. The van der Waals surface area contributed by atoms with Gasteiger partial charge in [0.25, 0.3) is 0 Å². The Morgan fingerprint density at radius 3 is 2.19 bits per heavy atom. The van der Waals surface area contributed by atoms with E-state index < -0.39 is 12.1 Å². The van der Waals surface area contributed by atoms with Gasteiger partial charge in [0.2, 0.25) is 5.91 Å². The normalized spacial score (nSPS) is 38.2. The highest BCUT2D eigenvalue weighted by atomic mass is 16.5. The van der Waals surface area contributed by atoms with Crippen LogP contribution in [-0.2, 0) is 14.3 Å². The highest BCUT2D eigenvalue weighted by Gasteiger charge is 2.50. The molecular formula is C16H25NO4. The third-order valence-electron chi connectivity index (χ3n) is 5.77. The molecule has 5 nitrogen and oxygen atoms in total. The van der Waals surface area contributed by atoms with Gasteiger partial charge in [0.05, 0.1) is 12.5 Å². The number of carboxylic acids is 1. The molecule has 1 amide bonds. The van der Waals surface area contributed by atoms with Gasteiger partial charge in [-0.15, -0.1) is 0 Å². The Morgan fingerprint density at radius 2 is 1.71 bits per heavy atom. The minimum Gasteiger partial charge on any atom is -0.481 e. The predicted molar refractivity (Wildman–Crippen MR) is 76.6 cm³/mol. The lowest BCUT2D eigenvalue weighted by molar-refractivity contribution is -0.142. The fourth-order valence-corrected chi connectivity index (χ4v) is 5.12. The fraction of sp³-hybridized carbons (Fsp3) is 0.875. The number of amides is 1. The maximum absolute atomic E-state index is 12.5. The van der Waals surface area contributed by atoms with Gasteiger partial charge in [-0.05, 0) is 55.8 Å². The number of hydrogen-bond donors (Lipinski definition) is 2. The van der Waals surface area contributed by atoms with Gasteiger partial charge in [0, 0.05) is 19.6 Å². The van der Waals surface area contributed by atoms with Crippen molar-refractivity contribution in [2.24, 2.45) is 29.6 Å². The molecule has 0 saturated heterocycles. The number of carboxylic acid groups (broad SMARTS) is 1. The molecule has 1 atom stereocenters. The van der Waals surface area contributed by atoms with Gasteiger partial charge in [-0.2, -0.15) is 0 Å². The average Bonchev–Trinajstić information content (AvgIpc) is 2.41. The quantitative estimate of drug-likeness (QED) is 0.781. The Hall–Kier alpha value is -1.10. The molecule has 4 rings (SSSR count). The fourth-order valence-electron chi connectivity index (χ4n) is 5.12. The Kier molecular flexibility index (Phi) is 4.20. The topological polar surface area (TPSA) is 75.6 Å². The van der Waals surface area contributed by atoms with Crippen LogP contribution in [0.1, 0.15) is 38.5 Å². The molecular weight excluding hydrogens is 270 g/mol. The van der Waals surface area contributed by atoms with E-state index in [9.17, 15) is 9.59 Å². The van der Waals surface area contributed by atoms with Gasteiger partial charge >= 0.3 is 5.97 Å². The van der Waals surface area contributed by atoms with Crippen molar-refractivity contribution in [1.82, 2.24) is 5.32 Å². The zero-order valence-corrected chi connectivity index (χ0v) is 12.6. The molecule has 4 aliphatic rings. The summed E-state index contributed by atoms with van der Waals surface area (Å²) in [6.07, 6.45) is 5.73. The molecule has 4 fully saturated rings. The van der Waals surface area contributed by atoms with Crippen LogP contribution in [0.15, 0.2) is 0 Å². The number of carbonyl (C=O) groups is 2. The highest BCUT2D eigenvalue weighted by Crippen LogP contribution is 2.56. The molecule has 0 aliphatic heterocycles. The third-order valence-corrected chi connectivity index (χ3v) is 5.77. The summed E-state index contributed by atoms with van der Waals surface area (Å²) in [7, 11) is 1.49. The molecule has 2 N–H and O–H groups in total. The maximum Gasteiger partial charge on any atom is 0.306 e. The Labute approximate surface area is 125 Å². The Balaban J connectivity index is 1.55. The molecule has 5 heteroatoms. The largest absolute Gasteiger partial charge is 0.481 e. The lowest BCUT2D eigenvalue weighted by Gasteiger charge is -2.53. The summed E-state index contributed by atoms with van der Waals surface area (Å²) >= 11 is 0. The number of methoxy groups -OCH3 is 1. The van der Waals surface area contributed by atoms with E-state index in [1.165, 1.54) is 39.2 Å². The van der Waals surface area contributed by atoms with E-state index in [-0.39, 0.29) is 18.2 Å². The number of nitrogens with one attached hydrogen (secondary N) is 1. The van der Waals surface area contributed by atoms with Crippen LogP contribution >= 0.6 is 0 Å². The van der Waals surface area contributed by atoms with Crippen LogP contribution in [0.2, 0.25) is 0 Å². The number of aliphatic carboxylic acids is 1. The van der Waals surface area contributed by atoms with Crippen molar-refractivity contribution in [3.8, 4) is 0 Å². The summed E-state index contributed by atoms with van der Waals surface area (Å²) < 4.78 is 5.12. The van der Waals surface area contributed by atoms with Crippen LogP contribution in [0.3, 0.4) is 0 Å². The SMILES string of the molecule is COC(CNC(=O)C1C2CC3CC(C2)CC1C3)CC(=O)O. The second-order valence-corrected chi connectivity index (χ2v) is 7.16. The lowest BCUT2D eigenvalue weighted by Crippen LogP contribution is -2.51. The predicted octanol–water partition coefficient (Wildman–Crippen LogP) is 1.66. The number of hydrogen-bond acceptors (Lipinski definition) is 3. The summed E-state index contributed by atoms with van der Waals surface area (Å²) in [6.45, 7) is 0.296. The third kappa shape index (κ3) is 3.07. The molecule has 1 unspecified atom stereocenters. The first-order chi connectivity index (χ1) is 10.1. The Bertz CT molecular complexity index is 395. The van der Waals surface area contributed by atoms with Crippen molar-refractivity contribution in [2.75, 3.05) is 13.7 Å². The molecule has 4 aliphatic carbocycles. The monoisotopic (exact) mass is 295 g/mol. The van der Waals surface area contributed by atoms with Gasteiger partial charge in [0.1, 0.15) is 0 Å². The molecule has 4 saturated carbocycles. The van der Waals surface area contributed by atoms with Gasteiger partial charge in [-0.3, -0.25) is 9.59 Å². The van der Waals surface area contributed by atoms with Gasteiger partial charge in [0.15, 0.2) is 0 Å². The van der Waals surface area contributed by atoms with E-state index in [2.05, 4.69) is 5.32 Å². The first-order valence-electron chi connectivity index (χ1n) is 8.09. The van der Waals surface area contributed by atoms with Gasteiger partial charge < -0.3 is 15.2 Å². The van der Waals surface area contributed by atoms with Gasteiger partial charge in [-0.25, -0.2) is 0 Å². The van der Waals surface area contributed by atoms with Crippen molar-refractivity contribution in [2.45, 2.75) is 44.6 Å². The van der Waals surface area contributed by atoms with E-state index in [4.69, 9.17) is 9.84 Å². The van der Waals surface area contributed by atoms with Crippen molar-refractivity contribution < 1.29 is 19.4 Å². The van der Waals surface area contributed by atoms with Crippen LogP contribution in [0, 0.1) is 29.6 Å². The van der Waals surface area contributed by atoms with E-state index in [1.807, 2.05) is 0 Å². The van der Waals surface area contributed by atoms with E-state index in [0.717, 1.165) is 11.8 Å². The van der Waals surface area contributed by atoms with E-state index in [0.29, 0.717) is 18.4 Å². The first-order valence-corrected chi connectivity index (χ1v) is 8.09. The van der Waals surface area contributed by atoms with Crippen LogP contribution in [0.4, 0.5) is 0 Å². The molecule has 0 radical (unpaired) electrons. The molecule has 0 aromatic heterocycles. The molecule has 21 heavy (non-hydrogen) atoms. The molecule has 0 spiro atoms. The van der Waals surface area contributed by atoms with E-state index >= 15 is 0 Å². The minimum atomic E-state index is -0.897. The summed E-state index contributed by atoms with van der Waals surface area (Å²) in [5, 5.41) is 11.7. The summed E-state index contributed by atoms with van der Waals surface area (Å²) in [4.78, 5) is 23.2. The first kappa shape index (κ1) is 14.8. The summed E-state index contributed by atoms with van der Waals surface area (Å²) in [5.41, 5.74) is 0. The van der Waals surface area contributed by atoms with Crippen molar-refractivity contribution >= 4 is 11.9 Å². The van der Waals surface area contributed by atoms with Crippen LogP contribution in [0.5, 0.6) is 0 Å². The average molecular weight is 295 g/mol. The summed E-state index contributed by atoms with van der Waals surface area (Å²) in [5.74, 6) is 2.20. The second kappa shape index (κ2) is 5.95. The zero-order chi connectivity index (χ0) is 15.0. The van der Waals surface area contributed by atoms with Crippen molar-refractivity contribution in [1.29, 1.82) is 0 Å². The smallest absolute Gasteiger partial charge is 0.306 e. The van der Waals surface area contributed by atoms with Crippen LogP contribution in [-0.4, -0.2) is 36.7 Å². The van der Waals surface area contributed by atoms with Crippen molar-refractivity contribution in [3.05, 3.63) is 0 Å². The number of rotatable bonds is 6. The number of carbonyl (C=O) groups excluding carboxylic acids is 1. The minimum absolute atomic E-state index is 0.0710. The van der Waals surface area contributed by atoms with Crippen LogP contribution in [0.25, 0.3) is 0 Å². The molecule has 4 bridgehead atoms. The van der Waals surface area contributed by atoms with Gasteiger partial charge in [-0.1, -0.05) is 0 Å². The molecule has 0 heterocycles. The molecule has 0 aromatic rings. The maximum atomic E-state index is 12.5. The molecule has 118 valence electrons. The number of ether oxygens (including phenoxy) is 1.